The summed E-state index contributed by atoms with van der Waals surface area (Å²) in [6, 6.07) is 6.39. The third kappa shape index (κ3) is 3.18. The number of rotatable bonds is 3. The fourth-order valence-corrected chi connectivity index (χ4v) is 2.90. The van der Waals surface area contributed by atoms with E-state index in [1.54, 1.807) is 0 Å². The molecular formula is C16H18Br2N2. The molecule has 0 saturated carbocycles. The molecule has 0 saturated heterocycles. The molecular weight excluding hydrogens is 380 g/mol. The second-order valence-corrected chi connectivity index (χ2v) is 5.83. The van der Waals surface area contributed by atoms with E-state index >= 15 is 0 Å². The van der Waals surface area contributed by atoms with Crippen LogP contribution in [0.5, 0.6) is 0 Å². The summed E-state index contributed by atoms with van der Waals surface area (Å²) in [5, 5.41) is 1.31. The Bertz CT molecular complexity index is 656. The van der Waals surface area contributed by atoms with Crippen molar-refractivity contribution in [2.45, 2.75) is 13.3 Å². The van der Waals surface area contributed by atoms with Gasteiger partial charge in [0.2, 0.25) is 0 Å². The Balaban J connectivity index is 0.00000147. The first-order valence-corrected chi connectivity index (χ1v) is 7.41. The van der Waals surface area contributed by atoms with Crippen LogP contribution in [0, 0.1) is 0 Å². The molecule has 1 aromatic heterocycles. The van der Waals surface area contributed by atoms with Crippen molar-refractivity contribution in [2.75, 3.05) is 13.1 Å². The highest BCUT2D eigenvalue weighted by Gasteiger charge is 2.10. The van der Waals surface area contributed by atoms with Crippen LogP contribution in [0.3, 0.4) is 0 Å². The number of hydrogen-bond acceptors (Lipinski definition) is 1. The first kappa shape index (κ1) is 15.4. The van der Waals surface area contributed by atoms with Gasteiger partial charge in [-0.15, -0.1) is 17.0 Å². The van der Waals surface area contributed by atoms with E-state index < -0.39 is 0 Å². The lowest BCUT2D eigenvalue weighted by Crippen LogP contribution is -2.22. The molecule has 4 heteroatoms. The zero-order valence-electron chi connectivity index (χ0n) is 11.4. The number of hydrogen-bond donors (Lipinski definition) is 1. The van der Waals surface area contributed by atoms with Crippen molar-refractivity contribution in [3.63, 3.8) is 0 Å². The molecule has 0 amide bonds. The molecule has 0 spiro atoms. The summed E-state index contributed by atoms with van der Waals surface area (Å²) < 4.78 is 1.13. The Kier molecular flexibility index (Phi) is 5.11. The number of nitrogens with zero attached hydrogens (tertiary/aromatic N) is 1. The second-order valence-electron chi connectivity index (χ2n) is 4.91. The Morgan fingerprint density at radius 3 is 3.00 bits per heavy atom. The van der Waals surface area contributed by atoms with Gasteiger partial charge in [0.15, 0.2) is 0 Å². The van der Waals surface area contributed by atoms with E-state index in [9.17, 15) is 0 Å². The van der Waals surface area contributed by atoms with Crippen LogP contribution in [0.4, 0.5) is 0 Å². The van der Waals surface area contributed by atoms with Crippen LogP contribution in [-0.2, 0) is 6.42 Å². The van der Waals surface area contributed by atoms with Crippen LogP contribution in [0.15, 0.2) is 52.8 Å². The third-order valence-corrected chi connectivity index (χ3v) is 4.08. The lowest BCUT2D eigenvalue weighted by atomic mass is 10.0. The van der Waals surface area contributed by atoms with E-state index in [2.05, 4.69) is 75.5 Å². The fraction of sp³-hybridized carbons (Fsp3) is 0.250. The molecule has 1 aromatic carbocycles. The number of likely N-dealkylation sites (N-methyl/N-ethyl adjacent to an activating group) is 1. The highest BCUT2D eigenvalue weighted by molar-refractivity contribution is 9.10. The van der Waals surface area contributed by atoms with Gasteiger partial charge in [0.25, 0.3) is 0 Å². The minimum Gasteiger partial charge on any atom is -0.374 e. The van der Waals surface area contributed by atoms with Gasteiger partial charge in [-0.2, -0.15) is 0 Å². The molecule has 0 unspecified atom stereocenters. The molecule has 1 N–H and O–H groups in total. The van der Waals surface area contributed by atoms with E-state index in [1.165, 1.54) is 22.0 Å². The molecule has 2 nitrogen and oxygen atoms in total. The number of aromatic amines is 1. The van der Waals surface area contributed by atoms with Gasteiger partial charge in [-0.25, -0.2) is 0 Å². The number of allylic oxidation sites excluding steroid dienone is 2. The van der Waals surface area contributed by atoms with E-state index in [0.717, 1.165) is 24.0 Å². The Morgan fingerprint density at radius 2 is 2.20 bits per heavy atom. The average Bonchev–Trinajstić information content (AvgIpc) is 2.81. The summed E-state index contributed by atoms with van der Waals surface area (Å²) in [6.45, 7) is 4.29. The van der Waals surface area contributed by atoms with Crippen molar-refractivity contribution in [1.29, 1.82) is 0 Å². The van der Waals surface area contributed by atoms with Crippen molar-refractivity contribution in [1.82, 2.24) is 9.88 Å². The molecule has 1 aliphatic rings. The van der Waals surface area contributed by atoms with Gasteiger partial charge in [0.05, 0.1) is 0 Å². The summed E-state index contributed by atoms with van der Waals surface area (Å²) in [5.74, 6) is 0. The smallest absolute Gasteiger partial charge is 0.0457 e. The van der Waals surface area contributed by atoms with Crippen molar-refractivity contribution in [2.24, 2.45) is 0 Å². The normalized spacial score (nSPS) is 14.3. The van der Waals surface area contributed by atoms with E-state index in [4.69, 9.17) is 0 Å². The number of benzene rings is 1. The summed E-state index contributed by atoms with van der Waals surface area (Å²) >= 11 is 3.55. The van der Waals surface area contributed by atoms with Crippen LogP contribution in [-0.4, -0.2) is 23.0 Å². The number of fused-ring (bicyclic) bond motifs is 1. The molecule has 0 radical (unpaired) electrons. The lowest BCUT2D eigenvalue weighted by Gasteiger charge is -2.23. The molecule has 20 heavy (non-hydrogen) atoms. The second kappa shape index (κ2) is 6.64. The topological polar surface area (TPSA) is 19.0 Å². The fourth-order valence-electron chi connectivity index (χ4n) is 2.54. The van der Waals surface area contributed by atoms with Gasteiger partial charge >= 0.3 is 0 Å². The van der Waals surface area contributed by atoms with Crippen LogP contribution in [0.25, 0.3) is 10.9 Å². The van der Waals surface area contributed by atoms with Crippen LogP contribution >= 0.6 is 32.9 Å². The van der Waals surface area contributed by atoms with Gasteiger partial charge in [0.1, 0.15) is 0 Å². The predicted molar refractivity (Wildman–Crippen MR) is 94.5 cm³/mol. The third-order valence-electron chi connectivity index (χ3n) is 3.59. The maximum atomic E-state index is 3.55. The van der Waals surface area contributed by atoms with Crippen LogP contribution in [0.2, 0.25) is 0 Å². The first-order chi connectivity index (χ1) is 9.26. The van der Waals surface area contributed by atoms with Crippen LogP contribution < -0.4 is 0 Å². The molecule has 2 heterocycles. The number of aromatic nitrogens is 1. The van der Waals surface area contributed by atoms with E-state index in [0.29, 0.717) is 0 Å². The van der Waals surface area contributed by atoms with Gasteiger partial charge in [-0.1, -0.05) is 22.0 Å². The maximum Gasteiger partial charge on any atom is 0.0457 e. The molecule has 2 aromatic rings. The van der Waals surface area contributed by atoms with Crippen molar-refractivity contribution in [3.05, 3.63) is 58.4 Å². The van der Waals surface area contributed by atoms with Crippen LogP contribution in [0.1, 0.15) is 12.5 Å². The summed E-state index contributed by atoms with van der Waals surface area (Å²) in [4.78, 5) is 5.68. The summed E-state index contributed by atoms with van der Waals surface area (Å²) in [7, 11) is 0. The highest BCUT2D eigenvalue weighted by Crippen LogP contribution is 2.25. The standard InChI is InChI=1S/C16H17BrN2.BrH/c1-2-19-7-3-4-12(11-19)8-13-10-18-16-6-5-14(17)9-15(13)16;/h3-7,9-10,18H,2,8,11H2,1H3;1H. The number of nitrogens with one attached hydrogen (secondary N) is 1. The molecule has 1 aliphatic heterocycles. The molecule has 0 atom stereocenters. The minimum atomic E-state index is 0. The highest BCUT2D eigenvalue weighted by atomic mass is 79.9. The average molecular weight is 398 g/mol. The van der Waals surface area contributed by atoms with Crippen molar-refractivity contribution in [3.8, 4) is 0 Å². The lowest BCUT2D eigenvalue weighted by molar-refractivity contribution is 0.421. The molecule has 0 aliphatic carbocycles. The predicted octanol–water partition coefficient (Wildman–Crippen LogP) is 4.83. The van der Waals surface area contributed by atoms with Gasteiger partial charge in [0, 0.05) is 34.7 Å². The SMILES string of the molecule is Br.CCN1C=CC=C(Cc2c[nH]c3ccc(Br)cc23)C1. The zero-order valence-corrected chi connectivity index (χ0v) is 14.7. The molecule has 3 rings (SSSR count). The van der Waals surface area contributed by atoms with Crippen molar-refractivity contribution < 1.29 is 0 Å². The van der Waals surface area contributed by atoms with Gasteiger partial charge in [-0.3, -0.25) is 0 Å². The summed E-state index contributed by atoms with van der Waals surface area (Å²) in [5.41, 5.74) is 4.04. The zero-order chi connectivity index (χ0) is 13.2. The minimum absolute atomic E-state index is 0. The molecule has 106 valence electrons. The Hall–Kier alpha value is -1.000. The monoisotopic (exact) mass is 396 g/mol. The summed E-state index contributed by atoms with van der Waals surface area (Å²) in [6.07, 6.45) is 9.69. The molecule has 0 bridgehead atoms. The largest absolute Gasteiger partial charge is 0.374 e. The number of halogens is 2. The molecule has 0 fully saturated rings. The van der Waals surface area contributed by atoms with E-state index in [-0.39, 0.29) is 17.0 Å². The Morgan fingerprint density at radius 1 is 1.35 bits per heavy atom. The first-order valence-electron chi connectivity index (χ1n) is 6.62. The Labute approximate surface area is 138 Å². The van der Waals surface area contributed by atoms with Crippen molar-refractivity contribution >= 4 is 43.8 Å². The maximum absolute atomic E-state index is 3.55. The van der Waals surface area contributed by atoms with E-state index in [1.807, 2.05) is 0 Å². The number of H-pyrrole nitrogens is 1. The van der Waals surface area contributed by atoms with Gasteiger partial charge < -0.3 is 9.88 Å². The quantitative estimate of drug-likeness (QED) is 0.785. The van der Waals surface area contributed by atoms with Gasteiger partial charge in [-0.05, 0) is 55.0 Å².